The van der Waals surface area contributed by atoms with Crippen molar-refractivity contribution in [3.8, 4) is 0 Å². The third-order valence-electron chi connectivity index (χ3n) is 6.61. The molecule has 0 spiro atoms. The monoisotopic (exact) mass is 478 g/mol. The van der Waals surface area contributed by atoms with Crippen molar-refractivity contribution in [2.45, 2.75) is 63.8 Å². The van der Waals surface area contributed by atoms with Crippen LogP contribution < -0.4 is 5.32 Å². The molecule has 9 heteroatoms. The van der Waals surface area contributed by atoms with E-state index in [1.165, 1.54) is 4.31 Å². The van der Waals surface area contributed by atoms with Crippen LogP contribution in [0.3, 0.4) is 0 Å². The second-order valence-corrected chi connectivity index (χ2v) is 11.1. The van der Waals surface area contributed by atoms with E-state index in [9.17, 15) is 18.0 Å². The lowest BCUT2D eigenvalue weighted by Gasteiger charge is -2.34. The second kappa shape index (κ2) is 11.4. The molecule has 2 aliphatic rings. The lowest BCUT2D eigenvalue weighted by atomic mass is 10.0. The Morgan fingerprint density at radius 2 is 1.67 bits per heavy atom. The predicted octanol–water partition coefficient (Wildman–Crippen LogP) is 1.91. The zero-order valence-corrected chi connectivity index (χ0v) is 21.0. The first-order valence-electron chi connectivity index (χ1n) is 12.1. The molecule has 3 rings (SSSR count). The minimum atomic E-state index is -3.59. The van der Waals surface area contributed by atoms with Crippen LogP contribution in [0.15, 0.2) is 23.1 Å². The van der Waals surface area contributed by atoms with E-state index in [2.05, 4.69) is 17.1 Å². The summed E-state index contributed by atoms with van der Waals surface area (Å²) < 4.78 is 27.6. The molecule has 2 saturated heterocycles. The van der Waals surface area contributed by atoms with Gasteiger partial charge in [-0.1, -0.05) is 19.1 Å². The Labute approximate surface area is 198 Å². The fraction of sp³-hybridized carbons (Fsp3) is 0.667. The largest absolute Gasteiger partial charge is 0.353 e. The summed E-state index contributed by atoms with van der Waals surface area (Å²) in [4.78, 5) is 29.4. The summed E-state index contributed by atoms with van der Waals surface area (Å²) in [5.74, 6) is -0.167. The smallest absolute Gasteiger partial charge is 0.243 e. The van der Waals surface area contributed by atoms with Crippen LogP contribution in [0.2, 0.25) is 0 Å². The van der Waals surface area contributed by atoms with E-state index in [1.807, 2.05) is 19.1 Å². The highest BCUT2D eigenvalue weighted by Gasteiger charge is 2.31. The van der Waals surface area contributed by atoms with Crippen LogP contribution >= 0.6 is 0 Å². The standard InChI is InChI=1S/C24H38N4O4S/c1-4-11-26-12-9-21(10-13-26)25-23(29)7-8-24(30)27-14-16-28(17-15-27)33(31,32)22-18-19(2)5-6-20(22)3/h5-6,18,21H,4,7-17H2,1-3H3,(H,25,29). The lowest BCUT2D eigenvalue weighted by Crippen LogP contribution is -2.50. The number of sulfonamides is 1. The predicted molar refractivity (Wildman–Crippen MR) is 128 cm³/mol. The van der Waals surface area contributed by atoms with E-state index in [0.29, 0.717) is 18.0 Å². The minimum Gasteiger partial charge on any atom is -0.353 e. The average Bonchev–Trinajstić information content (AvgIpc) is 2.80. The Bertz CT molecular complexity index is 934. The zero-order valence-electron chi connectivity index (χ0n) is 20.2. The summed E-state index contributed by atoms with van der Waals surface area (Å²) >= 11 is 0. The van der Waals surface area contributed by atoms with Gasteiger partial charge >= 0.3 is 0 Å². The van der Waals surface area contributed by atoms with Crippen molar-refractivity contribution >= 4 is 21.8 Å². The number of benzene rings is 1. The van der Waals surface area contributed by atoms with Crippen molar-refractivity contribution < 1.29 is 18.0 Å². The fourth-order valence-corrected chi connectivity index (χ4v) is 6.33. The van der Waals surface area contributed by atoms with Crippen LogP contribution in [-0.4, -0.2) is 86.2 Å². The van der Waals surface area contributed by atoms with Crippen molar-refractivity contribution in [2.24, 2.45) is 0 Å². The van der Waals surface area contributed by atoms with Gasteiger partial charge in [0.2, 0.25) is 21.8 Å². The molecule has 2 heterocycles. The van der Waals surface area contributed by atoms with Gasteiger partial charge in [-0.3, -0.25) is 9.59 Å². The van der Waals surface area contributed by atoms with Gasteiger partial charge in [-0.05, 0) is 56.8 Å². The molecule has 1 N–H and O–H groups in total. The minimum absolute atomic E-state index is 0.0755. The molecule has 33 heavy (non-hydrogen) atoms. The molecular weight excluding hydrogens is 440 g/mol. The Hall–Kier alpha value is -1.97. The maximum atomic E-state index is 13.1. The fourth-order valence-electron chi connectivity index (χ4n) is 4.60. The number of likely N-dealkylation sites (tertiary alicyclic amines) is 1. The Balaban J connectivity index is 1.42. The number of piperidine rings is 1. The second-order valence-electron chi connectivity index (χ2n) is 9.24. The van der Waals surface area contributed by atoms with Crippen molar-refractivity contribution in [1.29, 1.82) is 0 Å². The van der Waals surface area contributed by atoms with Crippen LogP contribution in [0.4, 0.5) is 0 Å². The normalized spacial score (nSPS) is 18.9. The highest BCUT2D eigenvalue weighted by molar-refractivity contribution is 7.89. The van der Waals surface area contributed by atoms with Crippen LogP contribution in [0.1, 0.15) is 50.2 Å². The van der Waals surface area contributed by atoms with Crippen molar-refractivity contribution in [3.05, 3.63) is 29.3 Å². The maximum Gasteiger partial charge on any atom is 0.243 e. The summed E-state index contributed by atoms with van der Waals surface area (Å²) in [7, 11) is -3.59. The summed E-state index contributed by atoms with van der Waals surface area (Å²) in [6.45, 7) is 10.2. The average molecular weight is 479 g/mol. The molecule has 0 unspecified atom stereocenters. The molecule has 0 aromatic heterocycles. The lowest BCUT2D eigenvalue weighted by molar-refractivity contribution is -0.134. The maximum absolute atomic E-state index is 13.1. The van der Waals surface area contributed by atoms with Gasteiger partial charge in [0.25, 0.3) is 0 Å². The number of hydrogen-bond acceptors (Lipinski definition) is 5. The third-order valence-corrected chi connectivity index (χ3v) is 8.65. The molecule has 8 nitrogen and oxygen atoms in total. The van der Waals surface area contributed by atoms with Crippen LogP contribution in [0.5, 0.6) is 0 Å². The van der Waals surface area contributed by atoms with E-state index in [0.717, 1.165) is 50.0 Å². The number of carbonyl (C=O) groups excluding carboxylic acids is 2. The Morgan fingerprint density at radius 1 is 1.00 bits per heavy atom. The van der Waals surface area contributed by atoms with Gasteiger partial charge in [0, 0.05) is 58.2 Å². The topological polar surface area (TPSA) is 90.0 Å². The molecule has 184 valence electrons. The molecule has 1 aromatic carbocycles. The molecule has 0 saturated carbocycles. The Kier molecular flexibility index (Phi) is 8.89. The SMILES string of the molecule is CCCN1CCC(NC(=O)CCC(=O)N2CCN(S(=O)(=O)c3cc(C)ccc3C)CC2)CC1. The van der Waals surface area contributed by atoms with Gasteiger partial charge in [-0.2, -0.15) is 4.31 Å². The summed E-state index contributed by atoms with van der Waals surface area (Å²) in [6.07, 6.45) is 3.39. The van der Waals surface area contributed by atoms with Gasteiger partial charge < -0.3 is 15.1 Å². The molecule has 0 atom stereocenters. The van der Waals surface area contributed by atoms with E-state index in [1.54, 1.807) is 17.9 Å². The molecule has 0 aliphatic carbocycles. The number of rotatable bonds is 8. The highest BCUT2D eigenvalue weighted by atomic mass is 32.2. The van der Waals surface area contributed by atoms with Crippen molar-refractivity contribution in [1.82, 2.24) is 19.4 Å². The number of nitrogens with one attached hydrogen (secondary N) is 1. The van der Waals surface area contributed by atoms with E-state index in [-0.39, 0.29) is 43.8 Å². The van der Waals surface area contributed by atoms with Crippen LogP contribution in [0.25, 0.3) is 0 Å². The number of piperazine rings is 1. The van der Waals surface area contributed by atoms with Gasteiger partial charge in [0.05, 0.1) is 4.90 Å². The first-order chi connectivity index (χ1) is 15.7. The van der Waals surface area contributed by atoms with E-state index >= 15 is 0 Å². The van der Waals surface area contributed by atoms with Gasteiger partial charge in [0.1, 0.15) is 0 Å². The number of hydrogen-bond donors (Lipinski definition) is 1. The summed E-state index contributed by atoms with van der Waals surface area (Å²) in [6, 6.07) is 5.62. The molecule has 2 aliphatic heterocycles. The quantitative estimate of drug-likeness (QED) is 0.616. The first-order valence-corrected chi connectivity index (χ1v) is 13.5. The number of nitrogens with zero attached hydrogens (tertiary/aromatic N) is 3. The van der Waals surface area contributed by atoms with E-state index < -0.39 is 10.0 Å². The van der Waals surface area contributed by atoms with Gasteiger partial charge in [-0.15, -0.1) is 0 Å². The molecule has 2 fully saturated rings. The van der Waals surface area contributed by atoms with Crippen molar-refractivity contribution in [3.63, 3.8) is 0 Å². The highest BCUT2D eigenvalue weighted by Crippen LogP contribution is 2.22. The van der Waals surface area contributed by atoms with Crippen LogP contribution in [-0.2, 0) is 19.6 Å². The zero-order chi connectivity index (χ0) is 24.0. The van der Waals surface area contributed by atoms with Gasteiger partial charge in [0.15, 0.2) is 0 Å². The summed E-state index contributed by atoms with van der Waals surface area (Å²) in [5.41, 5.74) is 1.62. The Morgan fingerprint density at radius 3 is 2.30 bits per heavy atom. The van der Waals surface area contributed by atoms with Gasteiger partial charge in [-0.25, -0.2) is 8.42 Å². The van der Waals surface area contributed by atoms with Crippen LogP contribution in [0, 0.1) is 13.8 Å². The number of carbonyl (C=O) groups is 2. The number of amides is 2. The first kappa shape index (κ1) is 25.6. The third kappa shape index (κ3) is 6.77. The molecule has 2 amide bonds. The van der Waals surface area contributed by atoms with E-state index in [4.69, 9.17) is 0 Å². The molecule has 0 bridgehead atoms. The molecule has 0 radical (unpaired) electrons. The number of aryl methyl sites for hydroxylation is 2. The van der Waals surface area contributed by atoms with Crippen molar-refractivity contribution in [2.75, 3.05) is 45.8 Å². The molecule has 1 aromatic rings. The summed E-state index contributed by atoms with van der Waals surface area (Å²) in [5, 5.41) is 3.07. The molecular formula is C24H38N4O4S.